The van der Waals surface area contributed by atoms with Crippen LogP contribution in [0.1, 0.15) is 0 Å². The summed E-state index contributed by atoms with van der Waals surface area (Å²) in [5, 5.41) is 0. The molecule has 2 aliphatic heterocycles. The Hall–Kier alpha value is -1.90. The highest BCUT2D eigenvalue weighted by atomic mass is 32.3. The van der Waals surface area contributed by atoms with E-state index in [-0.39, 0.29) is 0 Å². The first-order valence-electron chi connectivity index (χ1n) is 13.8. The van der Waals surface area contributed by atoms with Crippen molar-refractivity contribution in [2.75, 3.05) is 28.4 Å². The van der Waals surface area contributed by atoms with E-state index in [1.54, 1.807) is 75.5 Å². The zero-order valence-electron chi connectivity index (χ0n) is 25.1. The van der Waals surface area contributed by atoms with Gasteiger partial charge in [-0.25, -0.2) is 0 Å². The minimum atomic E-state index is 0.857. The lowest BCUT2D eigenvalue weighted by molar-refractivity contribution is 0.414. The number of methoxy groups -OCH3 is 4. The first kappa shape index (κ1) is 34.0. The SMILES string of the molecule is COc1ccc(SC2=C(Sc3ccc(OC)cc3)SC(=C3SC(Sc4ccc(OC)cc4)=C(Sc4ccc(OC)cc4)S3)S2)cc1. The van der Waals surface area contributed by atoms with Crippen LogP contribution < -0.4 is 18.9 Å². The van der Waals surface area contributed by atoms with Crippen LogP contribution >= 0.6 is 94.1 Å². The summed E-state index contributed by atoms with van der Waals surface area (Å²) < 4.78 is 29.3. The molecule has 46 heavy (non-hydrogen) atoms. The molecule has 2 aliphatic rings. The molecule has 2 heterocycles. The van der Waals surface area contributed by atoms with Crippen molar-refractivity contribution in [2.24, 2.45) is 0 Å². The molecule has 12 heteroatoms. The van der Waals surface area contributed by atoms with Crippen molar-refractivity contribution in [3.63, 3.8) is 0 Å². The Morgan fingerprint density at radius 1 is 0.326 bits per heavy atom. The van der Waals surface area contributed by atoms with Crippen LogP contribution in [0, 0.1) is 0 Å². The normalized spacial score (nSPS) is 14.7. The van der Waals surface area contributed by atoms with E-state index in [9.17, 15) is 0 Å². The summed E-state index contributed by atoms with van der Waals surface area (Å²) in [6.45, 7) is 0. The third-order valence-corrected chi connectivity index (χ3v) is 17.6. The van der Waals surface area contributed by atoms with Crippen LogP contribution in [-0.2, 0) is 0 Å². The molecule has 0 aliphatic carbocycles. The van der Waals surface area contributed by atoms with Gasteiger partial charge in [-0.05, 0) is 97.1 Å². The van der Waals surface area contributed by atoms with Crippen molar-refractivity contribution in [2.45, 2.75) is 19.6 Å². The summed E-state index contributed by atoms with van der Waals surface area (Å²) >= 11 is 14.7. The number of thioether (sulfide) groups is 8. The Bertz CT molecular complexity index is 1490. The first-order valence-corrected chi connectivity index (χ1v) is 20.3. The second-order valence-corrected chi connectivity index (χ2v) is 19.2. The molecular formula is C34H28O4S8. The summed E-state index contributed by atoms with van der Waals surface area (Å²) in [7, 11) is 6.79. The molecule has 4 aromatic rings. The second kappa shape index (κ2) is 16.5. The molecule has 0 saturated heterocycles. The fourth-order valence-electron chi connectivity index (χ4n) is 3.96. The van der Waals surface area contributed by atoms with Crippen LogP contribution in [0.5, 0.6) is 23.0 Å². The topological polar surface area (TPSA) is 36.9 Å². The van der Waals surface area contributed by atoms with Crippen molar-refractivity contribution in [1.29, 1.82) is 0 Å². The van der Waals surface area contributed by atoms with Gasteiger partial charge in [-0.15, -0.1) is 0 Å². The molecule has 0 spiro atoms. The lowest BCUT2D eigenvalue weighted by Gasteiger charge is -2.07. The Morgan fingerprint density at radius 3 is 0.696 bits per heavy atom. The first-order chi connectivity index (χ1) is 22.5. The highest BCUT2D eigenvalue weighted by Crippen LogP contribution is 2.68. The average molecular weight is 757 g/mol. The van der Waals surface area contributed by atoms with Crippen LogP contribution in [0.2, 0.25) is 0 Å². The van der Waals surface area contributed by atoms with Gasteiger partial charge in [0.15, 0.2) is 0 Å². The lowest BCUT2D eigenvalue weighted by Crippen LogP contribution is -1.82. The largest absolute Gasteiger partial charge is 0.497 e. The van der Waals surface area contributed by atoms with Gasteiger partial charge in [0.1, 0.15) is 23.0 Å². The van der Waals surface area contributed by atoms with Gasteiger partial charge in [0.2, 0.25) is 0 Å². The zero-order chi connectivity index (χ0) is 31.9. The van der Waals surface area contributed by atoms with Gasteiger partial charge in [-0.1, -0.05) is 94.1 Å². The van der Waals surface area contributed by atoms with Crippen LogP contribution in [0.3, 0.4) is 0 Å². The van der Waals surface area contributed by atoms with E-state index in [0.29, 0.717) is 0 Å². The standard InChI is InChI=1S/C34H28O4S8/c1-35-21-5-13-25(14-6-21)39-29-30(40-26-15-7-22(36-2)8-16-26)44-33(43-29)34-45-31(41-27-17-9-23(37-3)10-18-27)32(46-34)42-28-19-11-24(38-4)12-20-28/h5-20H,1-4H3. The smallest absolute Gasteiger partial charge is 0.118 e. The predicted octanol–water partition coefficient (Wildman–Crippen LogP) is 12.5. The highest BCUT2D eigenvalue weighted by Gasteiger charge is 2.32. The van der Waals surface area contributed by atoms with Crippen molar-refractivity contribution in [1.82, 2.24) is 0 Å². The summed E-state index contributed by atoms with van der Waals surface area (Å²) in [4.78, 5) is 4.72. The molecule has 4 aromatic carbocycles. The molecule has 6 rings (SSSR count). The fourth-order valence-corrected chi connectivity index (χ4v) is 15.4. The Morgan fingerprint density at radius 2 is 0.522 bits per heavy atom. The highest BCUT2D eigenvalue weighted by molar-refractivity contribution is 8.45. The molecule has 0 N–H and O–H groups in total. The van der Waals surface area contributed by atoms with Crippen molar-refractivity contribution in [3.05, 3.63) is 122 Å². The minimum Gasteiger partial charge on any atom is -0.497 e. The number of ether oxygens (including phenoxy) is 4. The predicted molar refractivity (Wildman–Crippen MR) is 207 cm³/mol. The molecule has 0 saturated carbocycles. The van der Waals surface area contributed by atoms with E-state index in [0.717, 1.165) is 23.0 Å². The molecule has 0 aromatic heterocycles. The lowest BCUT2D eigenvalue weighted by atomic mass is 10.3. The molecule has 0 unspecified atom stereocenters. The van der Waals surface area contributed by atoms with Crippen molar-refractivity contribution in [3.8, 4) is 23.0 Å². The summed E-state index contributed by atoms with van der Waals surface area (Å²) in [6.07, 6.45) is 0. The van der Waals surface area contributed by atoms with Gasteiger partial charge < -0.3 is 18.9 Å². The monoisotopic (exact) mass is 756 g/mol. The van der Waals surface area contributed by atoms with Crippen molar-refractivity contribution < 1.29 is 18.9 Å². The van der Waals surface area contributed by atoms with E-state index < -0.39 is 0 Å². The van der Waals surface area contributed by atoms with E-state index in [4.69, 9.17) is 18.9 Å². The molecule has 4 nitrogen and oxygen atoms in total. The molecule has 0 bridgehead atoms. The quantitative estimate of drug-likeness (QED) is 0.138. The zero-order valence-corrected chi connectivity index (χ0v) is 31.7. The summed E-state index contributed by atoms with van der Waals surface area (Å²) in [6, 6.07) is 33.1. The van der Waals surface area contributed by atoms with Crippen LogP contribution in [0.25, 0.3) is 0 Å². The molecule has 0 amide bonds. The summed E-state index contributed by atoms with van der Waals surface area (Å²) in [5.41, 5.74) is 0. The third kappa shape index (κ3) is 8.76. The minimum absolute atomic E-state index is 0.857. The van der Waals surface area contributed by atoms with Gasteiger partial charge in [-0.3, -0.25) is 0 Å². The van der Waals surface area contributed by atoms with Crippen LogP contribution in [0.15, 0.2) is 142 Å². The third-order valence-electron chi connectivity index (χ3n) is 6.32. The molecule has 0 radical (unpaired) electrons. The number of hydrogen-bond acceptors (Lipinski definition) is 12. The van der Waals surface area contributed by atoms with Gasteiger partial charge in [0.25, 0.3) is 0 Å². The second-order valence-electron chi connectivity index (χ2n) is 9.24. The Kier molecular flexibility index (Phi) is 12.2. The van der Waals surface area contributed by atoms with Gasteiger partial charge in [0, 0.05) is 19.6 Å². The van der Waals surface area contributed by atoms with E-state index in [1.165, 1.54) is 45.0 Å². The van der Waals surface area contributed by atoms with Gasteiger partial charge in [0.05, 0.1) is 53.9 Å². The molecule has 236 valence electrons. The molecule has 0 fully saturated rings. The average Bonchev–Trinajstić information content (AvgIpc) is 3.69. The van der Waals surface area contributed by atoms with E-state index in [2.05, 4.69) is 48.5 Å². The van der Waals surface area contributed by atoms with Gasteiger partial charge >= 0.3 is 0 Å². The Labute approximate surface area is 304 Å². The maximum Gasteiger partial charge on any atom is 0.118 e. The fraction of sp³-hybridized carbons (Fsp3) is 0.118. The van der Waals surface area contributed by atoms with Gasteiger partial charge in [-0.2, -0.15) is 0 Å². The van der Waals surface area contributed by atoms with Crippen LogP contribution in [-0.4, -0.2) is 28.4 Å². The number of hydrogen-bond donors (Lipinski definition) is 0. The van der Waals surface area contributed by atoms with E-state index >= 15 is 0 Å². The number of rotatable bonds is 12. The Balaban J connectivity index is 1.28. The van der Waals surface area contributed by atoms with Crippen molar-refractivity contribution >= 4 is 94.1 Å². The van der Waals surface area contributed by atoms with Crippen LogP contribution in [0.4, 0.5) is 0 Å². The maximum absolute atomic E-state index is 5.39. The van der Waals surface area contributed by atoms with E-state index in [1.807, 2.05) is 95.6 Å². The molecule has 0 atom stereocenters. The maximum atomic E-state index is 5.39. The summed E-state index contributed by atoms with van der Waals surface area (Å²) in [5.74, 6) is 3.43. The molecular weight excluding hydrogens is 729 g/mol. The number of benzene rings is 4.